The molecule has 0 fully saturated rings. The fourth-order valence-corrected chi connectivity index (χ4v) is 1.74. The van der Waals surface area contributed by atoms with Crippen LogP contribution < -0.4 is 10.1 Å². The Morgan fingerprint density at radius 1 is 1.00 bits per heavy atom. The highest BCUT2D eigenvalue weighted by Gasteiger charge is 2.05. The van der Waals surface area contributed by atoms with Crippen molar-refractivity contribution in [3.8, 4) is 5.75 Å². The molecule has 0 radical (unpaired) electrons. The Balaban J connectivity index is 1.79. The summed E-state index contributed by atoms with van der Waals surface area (Å²) in [5, 5.41) is 11.6. The summed E-state index contributed by atoms with van der Waals surface area (Å²) in [6, 6.07) is 15.1. The minimum absolute atomic E-state index is 0.167. The molecule has 0 heterocycles. The molecular weight excluding hydrogens is 270 g/mol. The highest BCUT2D eigenvalue weighted by atomic mass is 16.5. The Morgan fingerprint density at radius 3 is 2.43 bits per heavy atom. The minimum Gasteiger partial charge on any atom is -0.492 e. The van der Waals surface area contributed by atoms with Gasteiger partial charge in [0.2, 0.25) is 0 Å². The number of ether oxygens (including phenoxy) is 1. The van der Waals surface area contributed by atoms with Crippen molar-refractivity contribution in [2.24, 2.45) is 0 Å². The van der Waals surface area contributed by atoms with Crippen LogP contribution in [0.3, 0.4) is 0 Å². The van der Waals surface area contributed by atoms with Gasteiger partial charge in [0.1, 0.15) is 12.4 Å². The van der Waals surface area contributed by atoms with E-state index in [9.17, 15) is 9.59 Å². The predicted molar refractivity (Wildman–Crippen MR) is 77.7 cm³/mol. The van der Waals surface area contributed by atoms with Crippen LogP contribution in [0.15, 0.2) is 54.6 Å². The summed E-state index contributed by atoms with van der Waals surface area (Å²) in [6.45, 7) is 0.604. The predicted octanol–water partition coefficient (Wildman–Crippen LogP) is 2.19. The summed E-state index contributed by atoms with van der Waals surface area (Å²) in [5.74, 6) is -0.708. The molecule has 0 bridgehead atoms. The fraction of sp³-hybridized carbons (Fsp3) is 0.125. The molecule has 0 spiro atoms. The van der Waals surface area contributed by atoms with Gasteiger partial charge in [-0.2, -0.15) is 0 Å². The van der Waals surface area contributed by atoms with Gasteiger partial charge in [-0.15, -0.1) is 0 Å². The van der Waals surface area contributed by atoms with Crippen LogP contribution in [0.1, 0.15) is 20.7 Å². The molecule has 2 N–H and O–H groups in total. The van der Waals surface area contributed by atoms with E-state index < -0.39 is 5.97 Å². The van der Waals surface area contributed by atoms with Crippen molar-refractivity contribution in [3.63, 3.8) is 0 Å². The number of carboxylic acid groups (broad SMARTS) is 1. The van der Waals surface area contributed by atoms with Gasteiger partial charge in [-0.1, -0.05) is 24.3 Å². The number of carboxylic acids is 1. The second-order valence-electron chi connectivity index (χ2n) is 4.30. The number of hydrogen-bond acceptors (Lipinski definition) is 3. The van der Waals surface area contributed by atoms with Gasteiger partial charge in [0.15, 0.2) is 0 Å². The Hall–Kier alpha value is -2.82. The molecule has 21 heavy (non-hydrogen) atoms. The lowest BCUT2D eigenvalue weighted by Crippen LogP contribution is -2.28. The number of amides is 1. The summed E-state index contributed by atoms with van der Waals surface area (Å²) < 4.78 is 5.41. The zero-order valence-electron chi connectivity index (χ0n) is 11.3. The van der Waals surface area contributed by atoms with E-state index in [1.807, 2.05) is 6.07 Å². The first-order chi connectivity index (χ1) is 10.2. The van der Waals surface area contributed by atoms with E-state index >= 15 is 0 Å². The number of carbonyl (C=O) groups is 2. The molecule has 0 saturated carbocycles. The molecule has 0 atom stereocenters. The molecule has 0 unspecified atom stereocenters. The van der Waals surface area contributed by atoms with Crippen LogP contribution in [-0.4, -0.2) is 30.1 Å². The van der Waals surface area contributed by atoms with Crippen molar-refractivity contribution in [1.29, 1.82) is 0 Å². The van der Waals surface area contributed by atoms with Gasteiger partial charge in [0.25, 0.3) is 5.91 Å². The second kappa shape index (κ2) is 7.09. The van der Waals surface area contributed by atoms with Crippen LogP contribution in [0, 0.1) is 0 Å². The molecule has 5 heteroatoms. The second-order valence-corrected chi connectivity index (χ2v) is 4.30. The molecule has 0 aliphatic heterocycles. The Labute approximate surface area is 122 Å². The molecular formula is C16H15NO4. The lowest BCUT2D eigenvalue weighted by Gasteiger charge is -2.08. The smallest absolute Gasteiger partial charge is 0.335 e. The highest BCUT2D eigenvalue weighted by Crippen LogP contribution is 2.12. The van der Waals surface area contributed by atoms with Gasteiger partial charge in [-0.05, 0) is 30.3 Å². The maximum atomic E-state index is 11.8. The summed E-state index contributed by atoms with van der Waals surface area (Å²) in [4.78, 5) is 22.6. The Kier molecular flexibility index (Phi) is 4.93. The summed E-state index contributed by atoms with van der Waals surface area (Å²) in [7, 11) is 0. The van der Waals surface area contributed by atoms with E-state index in [1.165, 1.54) is 12.1 Å². The maximum absolute atomic E-state index is 11.8. The van der Waals surface area contributed by atoms with Crippen LogP contribution in [0.2, 0.25) is 0 Å². The van der Waals surface area contributed by atoms with Gasteiger partial charge >= 0.3 is 5.97 Å². The lowest BCUT2D eigenvalue weighted by molar-refractivity contribution is 0.0696. The third kappa shape index (κ3) is 4.35. The molecule has 2 rings (SSSR count). The van der Waals surface area contributed by atoms with Gasteiger partial charge in [0.05, 0.1) is 12.1 Å². The average molecular weight is 285 g/mol. The molecule has 0 aromatic heterocycles. The van der Waals surface area contributed by atoms with Gasteiger partial charge < -0.3 is 15.2 Å². The summed E-state index contributed by atoms with van der Waals surface area (Å²) in [6.07, 6.45) is 0. The van der Waals surface area contributed by atoms with E-state index in [-0.39, 0.29) is 18.1 Å². The number of hydrogen-bond donors (Lipinski definition) is 2. The van der Waals surface area contributed by atoms with Gasteiger partial charge in [-0.3, -0.25) is 4.79 Å². The number of carbonyl (C=O) groups excluding carboxylic acids is 1. The third-order valence-electron chi connectivity index (χ3n) is 2.77. The molecule has 2 aromatic carbocycles. The standard InChI is InChI=1S/C16H15NO4/c18-15(12-5-2-1-3-6-12)17-9-10-21-14-8-4-7-13(11-14)16(19)20/h1-8,11H,9-10H2,(H,17,18)(H,19,20). The van der Waals surface area contributed by atoms with Crippen LogP contribution in [-0.2, 0) is 0 Å². The molecule has 5 nitrogen and oxygen atoms in total. The highest BCUT2D eigenvalue weighted by molar-refractivity contribution is 5.94. The average Bonchev–Trinajstić information content (AvgIpc) is 2.52. The quantitative estimate of drug-likeness (QED) is 0.798. The van der Waals surface area contributed by atoms with Crippen molar-refractivity contribution in [2.75, 3.05) is 13.2 Å². The van der Waals surface area contributed by atoms with Crippen molar-refractivity contribution in [3.05, 3.63) is 65.7 Å². The topological polar surface area (TPSA) is 75.6 Å². The Morgan fingerprint density at radius 2 is 1.71 bits per heavy atom. The van der Waals surface area contributed by atoms with Crippen LogP contribution >= 0.6 is 0 Å². The first kappa shape index (κ1) is 14.6. The molecule has 108 valence electrons. The zero-order chi connectivity index (χ0) is 15.1. The number of rotatable bonds is 6. The van der Waals surface area contributed by atoms with Crippen molar-refractivity contribution in [1.82, 2.24) is 5.32 Å². The number of aromatic carboxylic acids is 1. The minimum atomic E-state index is -1.00. The first-order valence-corrected chi connectivity index (χ1v) is 6.46. The van der Waals surface area contributed by atoms with Crippen molar-refractivity contribution >= 4 is 11.9 Å². The molecule has 1 amide bonds. The number of benzene rings is 2. The van der Waals surface area contributed by atoms with Crippen LogP contribution in [0.5, 0.6) is 5.75 Å². The fourth-order valence-electron chi connectivity index (χ4n) is 1.74. The normalized spacial score (nSPS) is 9.90. The molecule has 0 aliphatic rings. The monoisotopic (exact) mass is 285 g/mol. The first-order valence-electron chi connectivity index (χ1n) is 6.46. The largest absolute Gasteiger partial charge is 0.492 e. The number of nitrogens with one attached hydrogen (secondary N) is 1. The third-order valence-corrected chi connectivity index (χ3v) is 2.77. The molecule has 0 aliphatic carbocycles. The van der Waals surface area contributed by atoms with Gasteiger partial charge in [-0.25, -0.2) is 4.79 Å². The van der Waals surface area contributed by atoms with E-state index in [4.69, 9.17) is 9.84 Å². The molecule has 0 saturated heterocycles. The zero-order valence-corrected chi connectivity index (χ0v) is 11.3. The SMILES string of the molecule is O=C(O)c1cccc(OCCNC(=O)c2ccccc2)c1. The molecule has 2 aromatic rings. The Bertz CT molecular complexity index is 625. The summed E-state index contributed by atoms with van der Waals surface area (Å²) >= 11 is 0. The van der Waals surface area contributed by atoms with Crippen molar-refractivity contribution in [2.45, 2.75) is 0 Å². The summed E-state index contributed by atoms with van der Waals surface area (Å²) in [5.41, 5.74) is 0.756. The van der Waals surface area contributed by atoms with Crippen LogP contribution in [0.25, 0.3) is 0 Å². The van der Waals surface area contributed by atoms with Crippen LogP contribution in [0.4, 0.5) is 0 Å². The van der Waals surface area contributed by atoms with E-state index in [0.717, 1.165) is 0 Å². The van der Waals surface area contributed by atoms with Gasteiger partial charge in [0, 0.05) is 5.56 Å². The lowest BCUT2D eigenvalue weighted by atomic mass is 10.2. The maximum Gasteiger partial charge on any atom is 0.335 e. The van der Waals surface area contributed by atoms with E-state index in [0.29, 0.717) is 17.9 Å². The van der Waals surface area contributed by atoms with Crippen molar-refractivity contribution < 1.29 is 19.4 Å². The van der Waals surface area contributed by atoms with E-state index in [2.05, 4.69) is 5.32 Å². The van der Waals surface area contributed by atoms with E-state index in [1.54, 1.807) is 36.4 Å².